The van der Waals surface area contributed by atoms with Crippen LogP contribution in [-0.2, 0) is 14.3 Å². The number of rotatable bonds is 3. The number of carboxylic acid groups (broad SMARTS) is 1. The van der Waals surface area contributed by atoms with Crippen molar-refractivity contribution in [1.29, 1.82) is 0 Å². The van der Waals surface area contributed by atoms with Crippen LogP contribution in [0.15, 0.2) is 21.8 Å². The molecule has 0 saturated carbocycles. The maximum Gasteiger partial charge on any atom is 0.342 e. The normalized spacial score (nSPS) is 22.3. The van der Waals surface area contributed by atoms with Crippen LogP contribution in [0.25, 0.3) is 0 Å². The summed E-state index contributed by atoms with van der Waals surface area (Å²) in [4.78, 5) is 21.1. The highest BCUT2D eigenvalue weighted by Crippen LogP contribution is 2.20. The van der Waals surface area contributed by atoms with Crippen LogP contribution < -0.4 is 0 Å². The second-order valence-corrected chi connectivity index (χ2v) is 4.17. The predicted molar refractivity (Wildman–Crippen MR) is 64.3 cm³/mol. The summed E-state index contributed by atoms with van der Waals surface area (Å²) in [5.41, 5.74) is 0.00611. The van der Waals surface area contributed by atoms with E-state index in [1.807, 2.05) is 13.8 Å². The van der Waals surface area contributed by atoms with E-state index >= 15 is 0 Å². The van der Waals surface area contributed by atoms with Crippen LogP contribution in [0, 0.1) is 0 Å². The largest absolute Gasteiger partial charge is 0.477 e. The summed E-state index contributed by atoms with van der Waals surface area (Å²) in [7, 11) is 1.54. The van der Waals surface area contributed by atoms with Crippen molar-refractivity contribution in [3.63, 3.8) is 0 Å². The quantitative estimate of drug-likeness (QED) is 0.788. The molecule has 7 heteroatoms. The van der Waals surface area contributed by atoms with Gasteiger partial charge in [-0.3, -0.25) is 4.90 Å². The fourth-order valence-electron chi connectivity index (χ4n) is 1.69. The van der Waals surface area contributed by atoms with Crippen LogP contribution >= 0.6 is 0 Å². The molecule has 1 atom stereocenters. The lowest BCUT2D eigenvalue weighted by molar-refractivity contribution is -0.132. The number of carbonyl (C=O) groups is 1. The number of fused-ring (bicyclic) bond motifs is 1. The number of methoxy groups -OCH3 is 1. The van der Waals surface area contributed by atoms with Gasteiger partial charge in [0.2, 0.25) is 11.9 Å². The van der Waals surface area contributed by atoms with E-state index in [1.165, 1.54) is 6.20 Å². The zero-order valence-corrected chi connectivity index (χ0v) is 10.5. The van der Waals surface area contributed by atoms with Crippen molar-refractivity contribution in [1.82, 2.24) is 4.90 Å². The minimum Gasteiger partial charge on any atom is -0.477 e. The van der Waals surface area contributed by atoms with Gasteiger partial charge in [-0.15, -0.1) is 0 Å². The fraction of sp³-hybridized carbons (Fsp3) is 0.545. The number of nitrogens with zero attached hydrogens (tertiary/aromatic N) is 3. The van der Waals surface area contributed by atoms with Gasteiger partial charge in [0, 0.05) is 13.3 Å². The lowest BCUT2D eigenvalue weighted by Crippen LogP contribution is -2.38. The van der Waals surface area contributed by atoms with Gasteiger partial charge >= 0.3 is 5.97 Å². The van der Waals surface area contributed by atoms with E-state index in [9.17, 15) is 4.79 Å². The molecule has 0 radical (unpaired) electrons. The maximum atomic E-state index is 11.2. The van der Waals surface area contributed by atoms with Crippen LogP contribution in [-0.4, -0.2) is 53.8 Å². The highest BCUT2D eigenvalue weighted by molar-refractivity contribution is 6.20. The summed E-state index contributed by atoms with van der Waals surface area (Å²) in [6.07, 6.45) is 0.990. The summed E-state index contributed by atoms with van der Waals surface area (Å²) in [6.45, 7) is 4.04. The van der Waals surface area contributed by atoms with E-state index in [2.05, 4.69) is 9.98 Å². The molecule has 0 saturated heterocycles. The third-order valence-electron chi connectivity index (χ3n) is 2.48. The molecular formula is C11H15N3O4. The number of aliphatic carboxylic acids is 1. The molecule has 0 aromatic carbocycles. The summed E-state index contributed by atoms with van der Waals surface area (Å²) in [6, 6.07) is 0. The number of hydrogen-bond donors (Lipinski definition) is 1. The Hall–Kier alpha value is -1.89. The zero-order chi connectivity index (χ0) is 13.3. The molecule has 0 aromatic rings. The maximum absolute atomic E-state index is 11.2. The molecule has 0 amide bonds. The van der Waals surface area contributed by atoms with Gasteiger partial charge in [-0.2, -0.15) is 4.99 Å². The summed E-state index contributed by atoms with van der Waals surface area (Å²) in [5, 5.41) is 9.16. The van der Waals surface area contributed by atoms with Gasteiger partial charge in [0.05, 0.1) is 12.6 Å². The first-order valence-electron chi connectivity index (χ1n) is 5.59. The molecule has 1 unspecified atom stereocenters. The minimum atomic E-state index is -1.09. The minimum absolute atomic E-state index is 0.00611. The molecular weight excluding hydrogens is 238 g/mol. The Morgan fingerprint density at radius 3 is 2.89 bits per heavy atom. The van der Waals surface area contributed by atoms with Crippen molar-refractivity contribution in [3.8, 4) is 0 Å². The Bertz CT molecular complexity index is 453. The van der Waals surface area contributed by atoms with Crippen LogP contribution in [0.1, 0.15) is 13.8 Å². The van der Waals surface area contributed by atoms with Gasteiger partial charge in [-0.1, -0.05) is 0 Å². The zero-order valence-electron chi connectivity index (χ0n) is 10.5. The highest BCUT2D eigenvalue weighted by atomic mass is 16.5. The average molecular weight is 253 g/mol. The molecule has 2 aliphatic rings. The molecule has 7 nitrogen and oxygen atoms in total. The number of hydrogen-bond acceptors (Lipinski definition) is 6. The first-order chi connectivity index (χ1) is 8.52. The van der Waals surface area contributed by atoms with Gasteiger partial charge in [-0.05, 0) is 13.8 Å². The van der Waals surface area contributed by atoms with E-state index < -0.39 is 5.97 Å². The van der Waals surface area contributed by atoms with Crippen molar-refractivity contribution in [2.45, 2.75) is 26.2 Å². The standard InChI is InChI=1S/C11H15N3O4/c1-6(2)18-9-7(10(15)16)5-14-8(17-3)4-12-11(14)13-9/h5-6,8H,4H2,1-3H3,(H,15,16). The number of aliphatic imine (C=N–C) groups is 2. The second-order valence-electron chi connectivity index (χ2n) is 4.17. The first kappa shape index (κ1) is 12.6. The van der Waals surface area contributed by atoms with Crippen LogP contribution in [0.5, 0.6) is 0 Å². The molecule has 18 heavy (non-hydrogen) atoms. The fourth-order valence-corrected chi connectivity index (χ4v) is 1.69. The number of ether oxygens (including phenoxy) is 2. The van der Waals surface area contributed by atoms with E-state index in [0.717, 1.165) is 0 Å². The molecule has 2 rings (SSSR count). The predicted octanol–water partition coefficient (Wildman–Crippen LogP) is 0.436. The average Bonchev–Trinajstić information content (AvgIpc) is 2.68. The highest BCUT2D eigenvalue weighted by Gasteiger charge is 2.34. The van der Waals surface area contributed by atoms with E-state index in [-0.39, 0.29) is 23.8 Å². The Morgan fingerprint density at radius 2 is 2.33 bits per heavy atom. The third kappa shape index (κ3) is 2.21. The molecule has 0 aliphatic carbocycles. The van der Waals surface area contributed by atoms with Crippen LogP contribution in [0.4, 0.5) is 0 Å². The summed E-state index contributed by atoms with van der Waals surface area (Å²) in [5.74, 6) is -0.582. The monoisotopic (exact) mass is 253 g/mol. The summed E-state index contributed by atoms with van der Waals surface area (Å²) < 4.78 is 10.6. The molecule has 2 aliphatic heterocycles. The van der Waals surface area contributed by atoms with Crippen LogP contribution in [0.2, 0.25) is 0 Å². The van der Waals surface area contributed by atoms with Gasteiger partial charge in [-0.25, -0.2) is 9.79 Å². The van der Waals surface area contributed by atoms with E-state index in [0.29, 0.717) is 12.5 Å². The SMILES string of the molecule is COC1CN=C2N=C(OC(C)C)C(C(=O)O)=CN21. The molecule has 2 heterocycles. The van der Waals surface area contributed by atoms with Gasteiger partial charge in [0.25, 0.3) is 0 Å². The Balaban J connectivity index is 2.32. The number of guanidine groups is 1. The Labute approximate surface area is 104 Å². The molecule has 0 aromatic heterocycles. The molecule has 0 fully saturated rings. The molecule has 0 bridgehead atoms. The van der Waals surface area contributed by atoms with Crippen molar-refractivity contribution < 1.29 is 19.4 Å². The van der Waals surface area contributed by atoms with Crippen molar-refractivity contribution in [2.24, 2.45) is 9.98 Å². The first-order valence-corrected chi connectivity index (χ1v) is 5.59. The van der Waals surface area contributed by atoms with Crippen molar-refractivity contribution in [3.05, 3.63) is 11.8 Å². The molecule has 0 spiro atoms. The second kappa shape index (κ2) is 4.77. The van der Waals surface area contributed by atoms with E-state index in [1.54, 1.807) is 12.0 Å². The van der Waals surface area contributed by atoms with Crippen LogP contribution in [0.3, 0.4) is 0 Å². The third-order valence-corrected chi connectivity index (χ3v) is 2.48. The summed E-state index contributed by atoms with van der Waals surface area (Å²) >= 11 is 0. The van der Waals surface area contributed by atoms with Crippen molar-refractivity contribution >= 4 is 17.8 Å². The Kier molecular flexibility index (Phi) is 3.33. The molecule has 1 N–H and O–H groups in total. The van der Waals surface area contributed by atoms with Gasteiger partial charge < -0.3 is 14.6 Å². The van der Waals surface area contributed by atoms with Crippen molar-refractivity contribution in [2.75, 3.05) is 13.7 Å². The number of carboxylic acids is 1. The van der Waals surface area contributed by atoms with Gasteiger partial charge in [0.15, 0.2) is 6.23 Å². The lowest BCUT2D eigenvalue weighted by Gasteiger charge is -2.25. The van der Waals surface area contributed by atoms with Gasteiger partial charge in [0.1, 0.15) is 5.57 Å². The lowest BCUT2D eigenvalue weighted by atomic mass is 10.2. The van der Waals surface area contributed by atoms with E-state index in [4.69, 9.17) is 14.6 Å². The smallest absolute Gasteiger partial charge is 0.342 e. The molecule has 98 valence electrons. The Morgan fingerprint density at radius 1 is 1.61 bits per heavy atom. The topological polar surface area (TPSA) is 83.7 Å².